The number of alkyl halides is 3. The molecule has 0 spiro atoms. The Hall–Kier alpha value is -2.55. The van der Waals surface area contributed by atoms with Gasteiger partial charge < -0.3 is 15.0 Å². The van der Waals surface area contributed by atoms with Crippen LogP contribution in [-0.2, 0) is 6.54 Å². The van der Waals surface area contributed by atoms with Crippen LogP contribution in [0.4, 0.5) is 13.2 Å². The summed E-state index contributed by atoms with van der Waals surface area (Å²) in [5, 5.41) is 8.99. The number of hydrogen-bond donors (Lipinski definition) is 2. The fourth-order valence-corrected chi connectivity index (χ4v) is 2.37. The molecule has 1 aromatic carbocycles. The van der Waals surface area contributed by atoms with Gasteiger partial charge in [0.05, 0.1) is 17.6 Å². The Morgan fingerprint density at radius 2 is 2.12 bits per heavy atom. The average molecular weight is 343 g/mol. The van der Waals surface area contributed by atoms with Crippen LogP contribution in [0.3, 0.4) is 0 Å². The van der Waals surface area contributed by atoms with E-state index in [2.05, 4.69) is 11.6 Å². The molecule has 2 N–H and O–H groups in total. The third-order valence-corrected chi connectivity index (χ3v) is 3.37. The van der Waals surface area contributed by atoms with E-state index in [-0.39, 0.29) is 36.3 Å². The standard InChI is InChI=1S/C15H16F3N3O3/c1-2-5-20(6-7-22)13(23)10-3-4-12-11(8-10)19-14(24)21(12)9-15(16,17)18/h2-4,8,22H,1,5-7,9H2,(H,19,24). The molecular formula is C15H16F3N3O3. The highest BCUT2D eigenvalue weighted by Crippen LogP contribution is 2.20. The molecule has 24 heavy (non-hydrogen) atoms. The maximum Gasteiger partial charge on any atom is 0.406 e. The number of carbonyl (C=O) groups excluding carboxylic acids is 1. The lowest BCUT2D eigenvalue weighted by atomic mass is 10.1. The molecule has 0 radical (unpaired) electrons. The van der Waals surface area contributed by atoms with Crippen LogP contribution < -0.4 is 5.69 Å². The molecule has 0 saturated carbocycles. The smallest absolute Gasteiger partial charge is 0.395 e. The summed E-state index contributed by atoms with van der Waals surface area (Å²) in [6.07, 6.45) is -3.04. The van der Waals surface area contributed by atoms with Crippen LogP contribution in [0.5, 0.6) is 0 Å². The summed E-state index contributed by atoms with van der Waals surface area (Å²) in [6.45, 7) is 2.18. The molecule has 0 fully saturated rings. The normalized spacial score (nSPS) is 11.7. The number of aromatic nitrogens is 2. The predicted octanol–water partition coefficient (Wildman–Crippen LogP) is 1.51. The Bertz CT molecular complexity index is 808. The van der Waals surface area contributed by atoms with Gasteiger partial charge in [-0.05, 0) is 18.2 Å². The molecule has 0 aliphatic heterocycles. The monoisotopic (exact) mass is 343 g/mol. The minimum atomic E-state index is -4.53. The summed E-state index contributed by atoms with van der Waals surface area (Å²) >= 11 is 0. The molecule has 1 heterocycles. The van der Waals surface area contributed by atoms with E-state index in [0.717, 1.165) is 0 Å². The lowest BCUT2D eigenvalue weighted by Crippen LogP contribution is -2.33. The molecule has 1 aromatic heterocycles. The number of aliphatic hydroxyl groups is 1. The number of imidazole rings is 1. The minimum Gasteiger partial charge on any atom is -0.395 e. The van der Waals surface area contributed by atoms with Crippen LogP contribution >= 0.6 is 0 Å². The first kappa shape index (κ1) is 17.8. The quantitative estimate of drug-likeness (QED) is 0.781. The first-order valence-corrected chi connectivity index (χ1v) is 7.07. The molecule has 2 aromatic rings. The summed E-state index contributed by atoms with van der Waals surface area (Å²) in [5.41, 5.74) is -0.507. The zero-order valence-corrected chi connectivity index (χ0v) is 12.6. The number of aromatic amines is 1. The van der Waals surface area contributed by atoms with Gasteiger partial charge in [-0.3, -0.25) is 9.36 Å². The number of H-pyrrole nitrogens is 1. The van der Waals surface area contributed by atoms with Crippen molar-refractivity contribution in [1.82, 2.24) is 14.5 Å². The molecule has 0 atom stereocenters. The van der Waals surface area contributed by atoms with E-state index in [1.165, 1.54) is 29.2 Å². The lowest BCUT2D eigenvalue weighted by molar-refractivity contribution is -0.140. The van der Waals surface area contributed by atoms with Crippen molar-refractivity contribution >= 4 is 16.9 Å². The summed E-state index contributed by atoms with van der Waals surface area (Å²) < 4.78 is 38.2. The molecule has 6 nitrogen and oxygen atoms in total. The Balaban J connectivity index is 2.40. The van der Waals surface area contributed by atoms with Gasteiger partial charge in [0.2, 0.25) is 0 Å². The van der Waals surface area contributed by atoms with Gasteiger partial charge in [0.25, 0.3) is 5.91 Å². The van der Waals surface area contributed by atoms with Crippen LogP contribution in [0.15, 0.2) is 35.6 Å². The predicted molar refractivity (Wildman–Crippen MR) is 81.8 cm³/mol. The molecule has 0 aliphatic rings. The summed E-state index contributed by atoms with van der Waals surface area (Å²) in [6, 6.07) is 3.95. The number of rotatable bonds is 6. The fraction of sp³-hybridized carbons (Fsp3) is 0.333. The summed E-state index contributed by atoms with van der Waals surface area (Å²) in [4.78, 5) is 27.7. The number of carbonyl (C=O) groups is 1. The van der Waals surface area contributed by atoms with Crippen LogP contribution in [0, 0.1) is 0 Å². The Morgan fingerprint density at radius 1 is 1.42 bits per heavy atom. The zero-order chi connectivity index (χ0) is 17.9. The first-order chi connectivity index (χ1) is 11.3. The summed E-state index contributed by atoms with van der Waals surface area (Å²) in [7, 11) is 0. The van der Waals surface area contributed by atoms with Gasteiger partial charge >= 0.3 is 11.9 Å². The summed E-state index contributed by atoms with van der Waals surface area (Å²) in [5.74, 6) is -0.421. The maximum atomic E-state index is 12.5. The van der Waals surface area contributed by atoms with E-state index in [1.54, 1.807) is 0 Å². The van der Waals surface area contributed by atoms with E-state index >= 15 is 0 Å². The van der Waals surface area contributed by atoms with Gasteiger partial charge in [-0.2, -0.15) is 13.2 Å². The second-order valence-electron chi connectivity index (χ2n) is 5.13. The molecule has 0 unspecified atom stereocenters. The van der Waals surface area contributed by atoms with Crippen molar-refractivity contribution < 1.29 is 23.1 Å². The molecule has 0 aliphatic carbocycles. The van der Waals surface area contributed by atoms with Gasteiger partial charge in [-0.15, -0.1) is 6.58 Å². The molecule has 1 amide bonds. The molecule has 130 valence electrons. The number of hydrogen-bond acceptors (Lipinski definition) is 3. The Morgan fingerprint density at radius 3 is 2.71 bits per heavy atom. The lowest BCUT2D eigenvalue weighted by Gasteiger charge is -2.20. The third kappa shape index (κ3) is 3.85. The molecule has 2 rings (SSSR count). The highest BCUT2D eigenvalue weighted by atomic mass is 19.4. The number of amides is 1. The van der Waals surface area contributed by atoms with Crippen molar-refractivity contribution in [3.8, 4) is 0 Å². The van der Waals surface area contributed by atoms with Crippen LogP contribution in [0.1, 0.15) is 10.4 Å². The minimum absolute atomic E-state index is 0.0614. The largest absolute Gasteiger partial charge is 0.406 e. The first-order valence-electron chi connectivity index (χ1n) is 7.07. The van der Waals surface area contributed by atoms with E-state index in [9.17, 15) is 22.8 Å². The Labute approximate surface area is 134 Å². The van der Waals surface area contributed by atoms with E-state index in [1.807, 2.05) is 0 Å². The van der Waals surface area contributed by atoms with Gasteiger partial charge in [-0.1, -0.05) is 6.08 Å². The number of nitrogens with zero attached hydrogens (tertiary/aromatic N) is 2. The van der Waals surface area contributed by atoms with Crippen molar-refractivity contribution in [3.05, 3.63) is 46.9 Å². The number of aliphatic hydroxyl groups excluding tert-OH is 1. The van der Waals surface area contributed by atoms with Crippen molar-refractivity contribution in [1.29, 1.82) is 0 Å². The molecule has 0 bridgehead atoms. The number of benzene rings is 1. The van der Waals surface area contributed by atoms with Crippen LogP contribution in [-0.4, -0.2) is 51.3 Å². The fourth-order valence-electron chi connectivity index (χ4n) is 2.37. The number of fused-ring (bicyclic) bond motifs is 1. The molecular weight excluding hydrogens is 327 g/mol. The SMILES string of the molecule is C=CCN(CCO)C(=O)c1ccc2c(c1)[nH]c(=O)n2CC(F)(F)F. The van der Waals surface area contributed by atoms with Crippen molar-refractivity contribution in [3.63, 3.8) is 0 Å². The number of nitrogens with one attached hydrogen (secondary N) is 1. The number of halogens is 3. The van der Waals surface area contributed by atoms with Crippen LogP contribution in [0.25, 0.3) is 11.0 Å². The van der Waals surface area contributed by atoms with Crippen molar-refractivity contribution in [2.75, 3.05) is 19.7 Å². The van der Waals surface area contributed by atoms with Gasteiger partial charge in [0.1, 0.15) is 6.54 Å². The second kappa shape index (κ2) is 6.91. The van der Waals surface area contributed by atoms with Gasteiger partial charge in [0.15, 0.2) is 0 Å². The maximum absolute atomic E-state index is 12.5. The Kier molecular flexibility index (Phi) is 5.13. The highest BCUT2D eigenvalue weighted by Gasteiger charge is 2.30. The topological polar surface area (TPSA) is 78.3 Å². The second-order valence-corrected chi connectivity index (χ2v) is 5.13. The molecule has 9 heteroatoms. The van der Waals surface area contributed by atoms with Crippen LogP contribution in [0.2, 0.25) is 0 Å². The highest BCUT2D eigenvalue weighted by molar-refractivity contribution is 5.97. The third-order valence-electron chi connectivity index (χ3n) is 3.37. The van der Waals surface area contributed by atoms with Gasteiger partial charge in [-0.25, -0.2) is 4.79 Å². The van der Waals surface area contributed by atoms with Gasteiger partial charge in [0, 0.05) is 18.7 Å². The van der Waals surface area contributed by atoms with E-state index < -0.39 is 24.3 Å². The van der Waals surface area contributed by atoms with E-state index in [0.29, 0.717) is 4.57 Å². The average Bonchev–Trinajstić information content (AvgIpc) is 2.80. The van der Waals surface area contributed by atoms with Crippen molar-refractivity contribution in [2.24, 2.45) is 0 Å². The van der Waals surface area contributed by atoms with Crippen molar-refractivity contribution in [2.45, 2.75) is 12.7 Å². The van der Waals surface area contributed by atoms with E-state index in [4.69, 9.17) is 5.11 Å². The molecule has 0 saturated heterocycles. The zero-order valence-electron chi connectivity index (χ0n) is 12.6.